The lowest BCUT2D eigenvalue weighted by molar-refractivity contribution is 0.147. The van der Waals surface area contributed by atoms with Gasteiger partial charge in [-0.15, -0.1) is 0 Å². The normalized spacial score (nSPS) is 10.7. The summed E-state index contributed by atoms with van der Waals surface area (Å²) in [4.78, 5) is 2.41. The summed E-state index contributed by atoms with van der Waals surface area (Å²) in [6.45, 7) is 0. The SMILES string of the molecule is FC(F)c1cc(Br)c[nH]1. The van der Waals surface area contributed by atoms with Crippen LogP contribution in [0.2, 0.25) is 0 Å². The number of rotatable bonds is 1. The van der Waals surface area contributed by atoms with Gasteiger partial charge in [0.1, 0.15) is 0 Å². The van der Waals surface area contributed by atoms with Crippen molar-refractivity contribution in [3.05, 3.63) is 22.4 Å². The zero-order valence-corrected chi connectivity index (χ0v) is 5.95. The first-order valence-corrected chi connectivity index (χ1v) is 3.11. The molecule has 0 aromatic carbocycles. The van der Waals surface area contributed by atoms with Crippen LogP contribution in [-0.4, -0.2) is 4.98 Å². The van der Waals surface area contributed by atoms with E-state index in [2.05, 4.69) is 20.9 Å². The minimum absolute atomic E-state index is 0.0538. The van der Waals surface area contributed by atoms with E-state index in [1.165, 1.54) is 12.3 Å². The lowest BCUT2D eigenvalue weighted by Gasteiger charge is -1.89. The summed E-state index contributed by atoms with van der Waals surface area (Å²) < 4.78 is 24.1. The molecule has 0 saturated heterocycles. The Kier molecular flexibility index (Phi) is 1.85. The summed E-state index contributed by atoms with van der Waals surface area (Å²) >= 11 is 3.04. The van der Waals surface area contributed by atoms with Crippen LogP contribution in [0.5, 0.6) is 0 Å². The van der Waals surface area contributed by atoms with Gasteiger partial charge in [0.2, 0.25) is 0 Å². The second kappa shape index (κ2) is 2.47. The zero-order chi connectivity index (χ0) is 6.85. The first-order valence-electron chi connectivity index (χ1n) is 2.32. The quantitative estimate of drug-likeness (QED) is 0.710. The standard InChI is InChI=1S/C5H4BrF2N/c6-3-1-4(5(7)8)9-2-3/h1-2,5,9H. The maximum atomic E-state index is 11.7. The van der Waals surface area contributed by atoms with Gasteiger partial charge in [0.15, 0.2) is 0 Å². The molecule has 1 nitrogen and oxygen atoms in total. The molecule has 0 aliphatic carbocycles. The van der Waals surface area contributed by atoms with Crippen molar-refractivity contribution in [2.75, 3.05) is 0 Å². The fourth-order valence-corrected chi connectivity index (χ4v) is 0.871. The van der Waals surface area contributed by atoms with Gasteiger partial charge in [-0.05, 0) is 22.0 Å². The number of nitrogens with one attached hydrogen (secondary N) is 1. The molecule has 0 fully saturated rings. The maximum Gasteiger partial charge on any atom is 0.278 e. The molecule has 4 heteroatoms. The average molecular weight is 196 g/mol. The summed E-state index contributed by atoms with van der Waals surface area (Å²) in [5, 5.41) is 0. The van der Waals surface area contributed by atoms with E-state index in [1.807, 2.05) is 0 Å². The van der Waals surface area contributed by atoms with Gasteiger partial charge in [-0.25, -0.2) is 8.78 Å². The molecule has 1 aromatic rings. The van der Waals surface area contributed by atoms with Crippen LogP contribution in [0, 0.1) is 0 Å². The molecule has 0 unspecified atom stereocenters. The molecule has 1 heterocycles. The van der Waals surface area contributed by atoms with E-state index in [0.29, 0.717) is 4.47 Å². The molecule has 1 rings (SSSR count). The molecule has 0 atom stereocenters. The van der Waals surface area contributed by atoms with E-state index < -0.39 is 6.43 Å². The third-order valence-corrected chi connectivity index (χ3v) is 1.36. The minimum Gasteiger partial charge on any atom is -0.359 e. The Bertz CT molecular complexity index is 197. The molecule has 0 radical (unpaired) electrons. The molecule has 0 aliphatic heterocycles. The number of alkyl halides is 2. The third-order valence-electron chi connectivity index (χ3n) is 0.905. The second-order valence-electron chi connectivity index (χ2n) is 1.57. The Labute approximate surface area is 59.2 Å². The summed E-state index contributed by atoms with van der Waals surface area (Å²) in [5.74, 6) is 0. The van der Waals surface area contributed by atoms with Crippen molar-refractivity contribution in [2.45, 2.75) is 6.43 Å². The van der Waals surface area contributed by atoms with Crippen LogP contribution in [0.15, 0.2) is 16.7 Å². The van der Waals surface area contributed by atoms with Gasteiger partial charge >= 0.3 is 0 Å². The summed E-state index contributed by atoms with van der Waals surface area (Å²) in [6.07, 6.45) is -0.933. The van der Waals surface area contributed by atoms with Crippen LogP contribution < -0.4 is 0 Å². The Hall–Kier alpha value is -0.380. The van der Waals surface area contributed by atoms with Crippen LogP contribution in [-0.2, 0) is 0 Å². The number of aromatic nitrogens is 1. The first kappa shape index (κ1) is 6.74. The van der Waals surface area contributed by atoms with Crippen LogP contribution in [0.25, 0.3) is 0 Å². The molecular weight excluding hydrogens is 192 g/mol. The highest BCUT2D eigenvalue weighted by Crippen LogP contribution is 2.20. The highest BCUT2D eigenvalue weighted by atomic mass is 79.9. The van der Waals surface area contributed by atoms with Crippen molar-refractivity contribution >= 4 is 15.9 Å². The van der Waals surface area contributed by atoms with E-state index >= 15 is 0 Å². The van der Waals surface area contributed by atoms with Gasteiger partial charge in [0, 0.05) is 10.7 Å². The van der Waals surface area contributed by atoms with Crippen LogP contribution in [0.1, 0.15) is 12.1 Å². The molecule has 1 aromatic heterocycles. The molecule has 0 aliphatic rings. The predicted octanol–water partition coefficient (Wildman–Crippen LogP) is 2.71. The van der Waals surface area contributed by atoms with Gasteiger partial charge in [0.25, 0.3) is 6.43 Å². The highest BCUT2D eigenvalue weighted by molar-refractivity contribution is 9.10. The van der Waals surface area contributed by atoms with Crippen molar-refractivity contribution in [2.24, 2.45) is 0 Å². The second-order valence-corrected chi connectivity index (χ2v) is 2.49. The van der Waals surface area contributed by atoms with Crippen LogP contribution in [0.4, 0.5) is 8.78 Å². The minimum atomic E-state index is -2.41. The van der Waals surface area contributed by atoms with Crippen LogP contribution in [0.3, 0.4) is 0 Å². The molecule has 0 saturated carbocycles. The van der Waals surface area contributed by atoms with Crippen molar-refractivity contribution in [1.82, 2.24) is 4.98 Å². The van der Waals surface area contributed by atoms with Gasteiger partial charge in [-0.1, -0.05) is 0 Å². The Balaban J connectivity index is 2.85. The zero-order valence-electron chi connectivity index (χ0n) is 4.37. The predicted molar refractivity (Wildman–Crippen MR) is 33.4 cm³/mol. The lowest BCUT2D eigenvalue weighted by Crippen LogP contribution is -1.79. The average Bonchev–Trinajstić information content (AvgIpc) is 2.14. The van der Waals surface area contributed by atoms with E-state index in [4.69, 9.17) is 0 Å². The van der Waals surface area contributed by atoms with E-state index in [-0.39, 0.29) is 5.69 Å². The van der Waals surface area contributed by atoms with E-state index in [9.17, 15) is 8.78 Å². The summed E-state index contributed by atoms with van der Waals surface area (Å²) in [7, 11) is 0. The van der Waals surface area contributed by atoms with Gasteiger partial charge in [-0.2, -0.15) is 0 Å². The molecule has 0 spiro atoms. The largest absolute Gasteiger partial charge is 0.359 e. The van der Waals surface area contributed by atoms with Gasteiger partial charge in [-0.3, -0.25) is 0 Å². The molecule has 50 valence electrons. The number of hydrogen-bond donors (Lipinski definition) is 1. The van der Waals surface area contributed by atoms with Crippen molar-refractivity contribution in [1.29, 1.82) is 0 Å². The first-order chi connectivity index (χ1) is 4.20. The smallest absolute Gasteiger partial charge is 0.278 e. The molecular formula is C5H4BrF2N. The Morgan fingerprint density at radius 1 is 1.56 bits per heavy atom. The van der Waals surface area contributed by atoms with E-state index in [0.717, 1.165) is 0 Å². The number of halogens is 3. The molecule has 9 heavy (non-hydrogen) atoms. The number of aromatic amines is 1. The fourth-order valence-electron chi connectivity index (χ4n) is 0.510. The van der Waals surface area contributed by atoms with Crippen molar-refractivity contribution < 1.29 is 8.78 Å². The molecule has 0 amide bonds. The third kappa shape index (κ3) is 1.51. The maximum absolute atomic E-state index is 11.7. The summed E-state index contributed by atoms with van der Waals surface area (Å²) in [6, 6.07) is 1.35. The van der Waals surface area contributed by atoms with Gasteiger partial charge in [0.05, 0.1) is 5.69 Å². The number of H-pyrrole nitrogens is 1. The van der Waals surface area contributed by atoms with Gasteiger partial charge < -0.3 is 4.98 Å². The Morgan fingerprint density at radius 3 is 2.44 bits per heavy atom. The Morgan fingerprint density at radius 2 is 2.22 bits per heavy atom. The monoisotopic (exact) mass is 195 g/mol. The summed E-state index contributed by atoms with van der Waals surface area (Å²) in [5.41, 5.74) is -0.0538. The number of hydrogen-bond acceptors (Lipinski definition) is 0. The van der Waals surface area contributed by atoms with Crippen molar-refractivity contribution in [3.8, 4) is 0 Å². The van der Waals surface area contributed by atoms with Crippen LogP contribution >= 0.6 is 15.9 Å². The lowest BCUT2D eigenvalue weighted by atomic mass is 10.5. The van der Waals surface area contributed by atoms with Crippen molar-refractivity contribution in [3.63, 3.8) is 0 Å². The molecule has 1 N–H and O–H groups in total. The highest BCUT2D eigenvalue weighted by Gasteiger charge is 2.07. The fraction of sp³-hybridized carbons (Fsp3) is 0.200. The van der Waals surface area contributed by atoms with E-state index in [1.54, 1.807) is 0 Å². The molecule has 0 bridgehead atoms. The topological polar surface area (TPSA) is 15.8 Å².